The van der Waals surface area contributed by atoms with Crippen molar-refractivity contribution in [3.05, 3.63) is 29.8 Å². The fourth-order valence-electron chi connectivity index (χ4n) is 4.87. The molecule has 148 valence electrons. The van der Waals surface area contributed by atoms with E-state index in [1.807, 2.05) is 17.0 Å². The van der Waals surface area contributed by atoms with E-state index >= 15 is 0 Å². The molecule has 3 saturated heterocycles. The lowest BCUT2D eigenvalue weighted by Gasteiger charge is -2.38. The van der Waals surface area contributed by atoms with Crippen molar-refractivity contribution < 1.29 is 14.3 Å². The van der Waals surface area contributed by atoms with Crippen LogP contribution in [-0.2, 0) is 16.1 Å². The number of amides is 1. The van der Waals surface area contributed by atoms with Crippen molar-refractivity contribution in [3.8, 4) is 5.75 Å². The predicted octanol–water partition coefficient (Wildman–Crippen LogP) is 3.08. The van der Waals surface area contributed by atoms with Gasteiger partial charge in [-0.25, -0.2) is 0 Å². The largest absolute Gasteiger partial charge is 0.497 e. The predicted molar refractivity (Wildman–Crippen MR) is 105 cm³/mol. The van der Waals surface area contributed by atoms with E-state index in [1.54, 1.807) is 7.11 Å². The molecule has 0 N–H and O–H groups in total. The van der Waals surface area contributed by atoms with E-state index < -0.39 is 0 Å². The normalized spacial score (nSPS) is 25.2. The van der Waals surface area contributed by atoms with Gasteiger partial charge in [0.05, 0.1) is 19.3 Å². The number of benzene rings is 1. The molecule has 1 aromatic carbocycles. The molecule has 5 nitrogen and oxygen atoms in total. The second kappa shape index (κ2) is 8.19. The summed E-state index contributed by atoms with van der Waals surface area (Å²) in [5.41, 5.74) is 1.35. The minimum atomic E-state index is 0.0202. The molecule has 1 aromatic rings. The van der Waals surface area contributed by atoms with Crippen LogP contribution >= 0.6 is 0 Å². The highest BCUT2D eigenvalue weighted by atomic mass is 16.5. The van der Waals surface area contributed by atoms with E-state index in [4.69, 9.17) is 9.47 Å². The molecule has 3 aliphatic heterocycles. The Morgan fingerprint density at radius 2 is 1.85 bits per heavy atom. The monoisotopic (exact) mass is 372 g/mol. The van der Waals surface area contributed by atoms with Crippen molar-refractivity contribution in [2.24, 2.45) is 5.92 Å². The number of carbonyl (C=O) groups is 1. The van der Waals surface area contributed by atoms with Crippen molar-refractivity contribution in [1.29, 1.82) is 0 Å². The van der Waals surface area contributed by atoms with Gasteiger partial charge in [-0.1, -0.05) is 12.1 Å². The molecule has 1 atom stereocenters. The third kappa shape index (κ3) is 4.46. The summed E-state index contributed by atoms with van der Waals surface area (Å²) in [5.74, 6) is 1.66. The maximum atomic E-state index is 12.4. The Kier molecular flexibility index (Phi) is 5.69. The van der Waals surface area contributed by atoms with Gasteiger partial charge in [0.2, 0.25) is 5.91 Å². The zero-order valence-corrected chi connectivity index (χ0v) is 16.5. The SMILES string of the molecule is COc1ccc(CN2CCC3(CC2)CC(CC(=O)N2CCCC2)CO3)cc1. The topological polar surface area (TPSA) is 42.0 Å². The minimum absolute atomic E-state index is 0.0202. The molecule has 3 aliphatic rings. The zero-order chi connectivity index (χ0) is 18.7. The number of nitrogens with zero attached hydrogens (tertiary/aromatic N) is 2. The van der Waals surface area contributed by atoms with Crippen LogP contribution in [0.2, 0.25) is 0 Å². The Labute approximate surface area is 162 Å². The molecule has 3 heterocycles. The van der Waals surface area contributed by atoms with Gasteiger partial charge in [0.15, 0.2) is 0 Å². The van der Waals surface area contributed by atoms with E-state index in [9.17, 15) is 4.79 Å². The van der Waals surface area contributed by atoms with Crippen LogP contribution in [0.15, 0.2) is 24.3 Å². The van der Waals surface area contributed by atoms with Crippen molar-refractivity contribution in [2.75, 3.05) is 39.9 Å². The van der Waals surface area contributed by atoms with Gasteiger partial charge in [-0.15, -0.1) is 0 Å². The highest BCUT2D eigenvalue weighted by molar-refractivity contribution is 5.76. The molecule has 5 heteroatoms. The summed E-state index contributed by atoms with van der Waals surface area (Å²) in [6.45, 7) is 5.79. The zero-order valence-electron chi connectivity index (χ0n) is 16.5. The van der Waals surface area contributed by atoms with Gasteiger partial charge in [-0.2, -0.15) is 0 Å². The lowest BCUT2D eigenvalue weighted by molar-refractivity contribution is -0.131. The number of ether oxygens (including phenoxy) is 2. The van der Waals surface area contributed by atoms with E-state index in [2.05, 4.69) is 17.0 Å². The quantitative estimate of drug-likeness (QED) is 0.797. The van der Waals surface area contributed by atoms with Crippen LogP contribution in [0.4, 0.5) is 0 Å². The first-order valence-electron chi connectivity index (χ1n) is 10.4. The standard InChI is InChI=1S/C22H32N2O3/c1-26-20-6-4-18(5-7-20)16-23-12-8-22(9-13-23)15-19(17-27-22)14-21(25)24-10-2-3-11-24/h4-7,19H,2-3,8-17H2,1H3. The van der Waals surface area contributed by atoms with Crippen LogP contribution in [0.25, 0.3) is 0 Å². The van der Waals surface area contributed by atoms with Crippen LogP contribution in [-0.4, -0.2) is 61.2 Å². The molecule has 1 unspecified atom stereocenters. The Morgan fingerprint density at radius 3 is 2.52 bits per heavy atom. The maximum absolute atomic E-state index is 12.4. The molecule has 27 heavy (non-hydrogen) atoms. The first kappa shape index (κ1) is 18.8. The fourth-order valence-corrected chi connectivity index (χ4v) is 4.87. The molecule has 0 aromatic heterocycles. The van der Waals surface area contributed by atoms with Gasteiger partial charge >= 0.3 is 0 Å². The van der Waals surface area contributed by atoms with Crippen LogP contribution in [0.5, 0.6) is 5.75 Å². The number of piperidine rings is 1. The average molecular weight is 373 g/mol. The molecule has 0 bridgehead atoms. The Balaban J connectivity index is 1.24. The molecular formula is C22H32N2O3. The van der Waals surface area contributed by atoms with Crippen molar-refractivity contribution in [2.45, 2.75) is 50.7 Å². The van der Waals surface area contributed by atoms with Gasteiger partial charge in [-0.3, -0.25) is 9.69 Å². The summed E-state index contributed by atoms with van der Waals surface area (Å²) in [5, 5.41) is 0. The number of methoxy groups -OCH3 is 1. The van der Waals surface area contributed by atoms with Gasteiger partial charge in [0.1, 0.15) is 5.75 Å². The molecule has 0 aliphatic carbocycles. The van der Waals surface area contributed by atoms with E-state index in [0.717, 1.165) is 64.3 Å². The van der Waals surface area contributed by atoms with Crippen molar-refractivity contribution >= 4 is 5.91 Å². The molecule has 1 spiro atoms. The summed E-state index contributed by atoms with van der Waals surface area (Å²) in [4.78, 5) is 17.0. The van der Waals surface area contributed by atoms with Crippen molar-refractivity contribution in [1.82, 2.24) is 9.80 Å². The summed E-state index contributed by atoms with van der Waals surface area (Å²) >= 11 is 0. The number of hydrogen-bond acceptors (Lipinski definition) is 4. The summed E-state index contributed by atoms with van der Waals surface area (Å²) < 4.78 is 11.5. The van der Waals surface area contributed by atoms with Crippen LogP contribution in [0, 0.1) is 5.92 Å². The lowest BCUT2D eigenvalue weighted by atomic mass is 9.84. The first-order chi connectivity index (χ1) is 13.2. The molecule has 0 radical (unpaired) electrons. The Morgan fingerprint density at radius 1 is 1.15 bits per heavy atom. The molecule has 3 fully saturated rings. The van der Waals surface area contributed by atoms with Gasteiger partial charge in [0.25, 0.3) is 0 Å². The first-order valence-corrected chi connectivity index (χ1v) is 10.4. The molecule has 4 rings (SSSR count). The summed E-state index contributed by atoms with van der Waals surface area (Å²) in [6, 6.07) is 8.36. The second-order valence-corrected chi connectivity index (χ2v) is 8.48. The second-order valence-electron chi connectivity index (χ2n) is 8.48. The number of likely N-dealkylation sites (tertiary alicyclic amines) is 2. The van der Waals surface area contributed by atoms with Crippen LogP contribution < -0.4 is 4.74 Å². The summed E-state index contributed by atoms with van der Waals surface area (Å²) in [6.07, 6.45) is 6.23. The average Bonchev–Trinajstić information content (AvgIpc) is 3.35. The van der Waals surface area contributed by atoms with E-state index in [0.29, 0.717) is 18.2 Å². The summed E-state index contributed by atoms with van der Waals surface area (Å²) in [7, 11) is 1.70. The van der Waals surface area contributed by atoms with Crippen molar-refractivity contribution in [3.63, 3.8) is 0 Å². The van der Waals surface area contributed by atoms with Crippen LogP contribution in [0.3, 0.4) is 0 Å². The number of carbonyl (C=O) groups excluding carboxylic acids is 1. The smallest absolute Gasteiger partial charge is 0.222 e. The lowest BCUT2D eigenvalue weighted by Crippen LogP contribution is -2.43. The fraction of sp³-hybridized carbons (Fsp3) is 0.682. The molecular weight excluding hydrogens is 340 g/mol. The van der Waals surface area contributed by atoms with Gasteiger partial charge in [0, 0.05) is 39.1 Å². The third-order valence-electron chi connectivity index (χ3n) is 6.54. The number of rotatable bonds is 5. The van der Waals surface area contributed by atoms with Gasteiger partial charge in [-0.05, 0) is 55.7 Å². The maximum Gasteiger partial charge on any atom is 0.222 e. The molecule has 0 saturated carbocycles. The highest BCUT2D eigenvalue weighted by Crippen LogP contribution is 2.40. The van der Waals surface area contributed by atoms with E-state index in [1.165, 1.54) is 18.4 Å². The Bertz CT molecular complexity index is 631. The highest BCUT2D eigenvalue weighted by Gasteiger charge is 2.43. The van der Waals surface area contributed by atoms with Gasteiger partial charge < -0.3 is 14.4 Å². The Hall–Kier alpha value is -1.59. The third-order valence-corrected chi connectivity index (χ3v) is 6.54. The van der Waals surface area contributed by atoms with Crippen LogP contribution in [0.1, 0.15) is 44.1 Å². The van der Waals surface area contributed by atoms with E-state index in [-0.39, 0.29) is 5.60 Å². The number of hydrogen-bond donors (Lipinski definition) is 0. The molecule has 1 amide bonds. The minimum Gasteiger partial charge on any atom is -0.497 e.